The van der Waals surface area contributed by atoms with Crippen LogP contribution >= 0.6 is 23.4 Å². The number of nitrogens with one attached hydrogen (secondary N) is 1. The molecule has 0 unspecified atom stereocenters. The summed E-state index contributed by atoms with van der Waals surface area (Å²) in [6.07, 6.45) is 0. The van der Waals surface area contributed by atoms with Gasteiger partial charge in [0.2, 0.25) is 0 Å². The summed E-state index contributed by atoms with van der Waals surface area (Å²) in [7, 11) is 0. The normalized spacial score (nSPS) is 11.1. The van der Waals surface area contributed by atoms with Crippen molar-refractivity contribution in [3.05, 3.63) is 52.7 Å². The highest BCUT2D eigenvalue weighted by atomic mass is 35.5. The maximum absolute atomic E-state index is 13.5. The summed E-state index contributed by atoms with van der Waals surface area (Å²) in [6.45, 7) is 0.262. The highest BCUT2D eigenvalue weighted by Gasteiger charge is 2.08. The minimum absolute atomic E-state index is 0.104. The summed E-state index contributed by atoms with van der Waals surface area (Å²) in [4.78, 5) is 0. The van der Waals surface area contributed by atoms with E-state index >= 15 is 0 Å². The highest BCUT2D eigenvalue weighted by Crippen LogP contribution is 2.23. The van der Waals surface area contributed by atoms with Crippen LogP contribution in [0, 0.1) is 5.82 Å². The van der Waals surface area contributed by atoms with E-state index in [0.29, 0.717) is 34.0 Å². The highest BCUT2D eigenvalue weighted by molar-refractivity contribution is 7.98. The number of thioether (sulfide) groups is 1. The monoisotopic (exact) mass is 321 g/mol. The van der Waals surface area contributed by atoms with Gasteiger partial charge in [0, 0.05) is 5.02 Å². The zero-order valence-electron chi connectivity index (χ0n) is 10.2. The van der Waals surface area contributed by atoms with Crippen molar-refractivity contribution in [2.75, 3.05) is 5.32 Å². The summed E-state index contributed by atoms with van der Waals surface area (Å²) in [5, 5.41) is 3.17. The molecule has 0 aliphatic carbocycles. The van der Waals surface area contributed by atoms with Crippen LogP contribution in [0.3, 0.4) is 0 Å². The molecule has 20 heavy (non-hydrogen) atoms. The molecule has 0 radical (unpaired) electrons. The summed E-state index contributed by atoms with van der Waals surface area (Å²) in [6, 6.07) is 7.59. The molecule has 0 amide bonds. The van der Waals surface area contributed by atoms with Crippen molar-refractivity contribution in [2.45, 2.75) is 18.1 Å². The van der Waals surface area contributed by atoms with Crippen molar-refractivity contribution in [1.82, 2.24) is 0 Å². The largest absolute Gasteiger partial charge is 0.463 e. The van der Waals surface area contributed by atoms with Crippen molar-refractivity contribution >= 4 is 29.1 Å². The Hall–Kier alpha value is -1.27. The number of alkyl halides is 2. The van der Waals surface area contributed by atoms with Crippen LogP contribution in [0.25, 0.3) is 0 Å². The first-order valence-corrected chi connectivity index (χ1v) is 7.13. The number of furan rings is 1. The zero-order valence-corrected chi connectivity index (χ0v) is 11.8. The van der Waals surface area contributed by atoms with E-state index in [1.165, 1.54) is 12.1 Å². The Morgan fingerprint density at radius 3 is 2.65 bits per heavy atom. The second-order valence-electron chi connectivity index (χ2n) is 3.92. The molecule has 0 bridgehead atoms. The molecule has 0 aliphatic rings. The lowest BCUT2D eigenvalue weighted by Gasteiger charge is -2.06. The quantitative estimate of drug-likeness (QED) is 0.797. The Labute approximate surface area is 123 Å². The molecule has 0 spiro atoms. The van der Waals surface area contributed by atoms with Crippen LogP contribution in [-0.4, -0.2) is 5.76 Å². The van der Waals surface area contributed by atoms with Gasteiger partial charge in [0.25, 0.3) is 5.76 Å². The van der Waals surface area contributed by atoms with Gasteiger partial charge in [-0.2, -0.15) is 8.78 Å². The fourth-order valence-corrected chi connectivity index (χ4v) is 2.16. The fraction of sp³-hybridized carbons (Fsp3) is 0.231. The maximum Gasteiger partial charge on any atom is 0.284 e. The van der Waals surface area contributed by atoms with Gasteiger partial charge in [-0.05, 0) is 30.3 Å². The van der Waals surface area contributed by atoms with Crippen molar-refractivity contribution in [2.24, 2.45) is 0 Å². The van der Waals surface area contributed by atoms with E-state index in [2.05, 4.69) is 5.32 Å². The molecule has 0 saturated carbocycles. The lowest BCUT2D eigenvalue weighted by Crippen LogP contribution is -2.00. The Morgan fingerprint density at radius 2 is 1.95 bits per heavy atom. The zero-order chi connectivity index (χ0) is 14.5. The third-order valence-electron chi connectivity index (χ3n) is 2.45. The van der Waals surface area contributed by atoms with Crippen molar-refractivity contribution in [1.29, 1.82) is 0 Å². The number of benzene rings is 1. The van der Waals surface area contributed by atoms with E-state index in [0.717, 1.165) is 0 Å². The molecule has 1 N–H and O–H groups in total. The van der Waals surface area contributed by atoms with Crippen molar-refractivity contribution < 1.29 is 17.6 Å². The van der Waals surface area contributed by atoms with Gasteiger partial charge in [0.05, 0.1) is 18.0 Å². The van der Waals surface area contributed by atoms with Gasteiger partial charge in [-0.25, -0.2) is 4.39 Å². The minimum atomic E-state index is -2.43. The Morgan fingerprint density at radius 1 is 1.20 bits per heavy atom. The average molecular weight is 322 g/mol. The minimum Gasteiger partial charge on any atom is -0.463 e. The second kappa shape index (κ2) is 6.95. The molecule has 1 heterocycles. The predicted octanol–water partition coefficient (Wildman–Crippen LogP) is 5.14. The van der Waals surface area contributed by atoms with Gasteiger partial charge in [-0.3, -0.25) is 0 Å². The number of rotatable bonds is 6. The molecule has 0 atom stereocenters. The molecule has 0 fully saturated rings. The molecular weight excluding hydrogens is 311 g/mol. The lowest BCUT2D eigenvalue weighted by atomic mass is 10.3. The van der Waals surface area contributed by atoms with Crippen molar-refractivity contribution in [3.63, 3.8) is 0 Å². The summed E-state index contributed by atoms with van der Waals surface area (Å²) < 4.78 is 42.9. The molecule has 0 saturated heterocycles. The molecule has 2 aromatic rings. The van der Waals surface area contributed by atoms with Crippen LogP contribution in [-0.2, 0) is 12.3 Å². The molecule has 2 nitrogen and oxygen atoms in total. The third kappa shape index (κ3) is 4.38. The van der Waals surface area contributed by atoms with Crippen LogP contribution < -0.4 is 5.32 Å². The summed E-state index contributed by atoms with van der Waals surface area (Å²) in [5.74, 6) is -1.78. The van der Waals surface area contributed by atoms with Gasteiger partial charge in [-0.1, -0.05) is 23.4 Å². The van der Waals surface area contributed by atoms with E-state index in [1.807, 2.05) is 0 Å². The number of anilines is 1. The molecule has 1 aromatic heterocycles. The lowest BCUT2D eigenvalue weighted by molar-refractivity contribution is 0.251. The molecule has 1 aromatic carbocycles. The standard InChI is InChI=1S/C13H11ClF3NOS/c14-8-1-4-12(11(15)5-8)18-6-9-2-3-10(19-9)7-20-13(16)17/h1-5,13,18H,6-7H2. The second-order valence-corrected chi connectivity index (χ2v) is 5.33. The average Bonchev–Trinajstić information content (AvgIpc) is 2.83. The first kappa shape index (κ1) is 15.1. The van der Waals surface area contributed by atoms with Gasteiger partial charge in [0.15, 0.2) is 0 Å². The summed E-state index contributed by atoms with van der Waals surface area (Å²) in [5.41, 5.74) is 0.300. The third-order valence-corrected chi connectivity index (χ3v) is 3.39. The number of halogens is 4. The van der Waals surface area contributed by atoms with Gasteiger partial charge >= 0.3 is 0 Å². The predicted molar refractivity (Wildman–Crippen MR) is 74.7 cm³/mol. The molecule has 0 aliphatic heterocycles. The fourth-order valence-electron chi connectivity index (χ4n) is 1.56. The smallest absolute Gasteiger partial charge is 0.284 e. The molecular formula is C13H11ClF3NOS. The van der Waals surface area contributed by atoms with E-state index in [4.69, 9.17) is 16.0 Å². The van der Waals surface area contributed by atoms with Gasteiger partial charge in [-0.15, -0.1) is 0 Å². The van der Waals surface area contributed by atoms with Crippen LogP contribution in [0.2, 0.25) is 5.02 Å². The van der Waals surface area contributed by atoms with Crippen LogP contribution in [0.5, 0.6) is 0 Å². The van der Waals surface area contributed by atoms with Crippen LogP contribution in [0.15, 0.2) is 34.7 Å². The maximum atomic E-state index is 13.5. The molecule has 108 valence electrons. The van der Waals surface area contributed by atoms with Crippen LogP contribution in [0.1, 0.15) is 11.5 Å². The topological polar surface area (TPSA) is 25.2 Å². The van der Waals surface area contributed by atoms with Gasteiger partial charge < -0.3 is 9.73 Å². The number of hydrogen-bond donors (Lipinski definition) is 1. The summed E-state index contributed by atoms with van der Waals surface area (Å²) >= 11 is 6.14. The van der Waals surface area contributed by atoms with Gasteiger partial charge in [0.1, 0.15) is 17.3 Å². The molecule has 2 rings (SSSR count). The van der Waals surface area contributed by atoms with E-state index < -0.39 is 11.6 Å². The SMILES string of the molecule is Fc1cc(Cl)ccc1NCc1ccc(CSC(F)F)o1. The van der Waals surface area contributed by atoms with E-state index in [9.17, 15) is 13.2 Å². The first-order valence-electron chi connectivity index (χ1n) is 5.71. The van der Waals surface area contributed by atoms with Crippen molar-refractivity contribution in [3.8, 4) is 0 Å². The Balaban J connectivity index is 1.90. The Bertz CT molecular complexity index is 576. The Kier molecular flexibility index (Phi) is 5.25. The number of hydrogen-bond acceptors (Lipinski definition) is 3. The molecule has 7 heteroatoms. The van der Waals surface area contributed by atoms with E-state index in [1.54, 1.807) is 18.2 Å². The van der Waals surface area contributed by atoms with E-state index in [-0.39, 0.29) is 12.3 Å². The first-order chi connectivity index (χ1) is 9.54. The van der Waals surface area contributed by atoms with Crippen LogP contribution in [0.4, 0.5) is 18.9 Å².